The quantitative estimate of drug-likeness (QED) is 0.912. The number of rotatable bonds is 5. The number of aryl methyl sites for hydroxylation is 1. The highest BCUT2D eigenvalue weighted by Gasteiger charge is 2.17. The molecule has 0 aliphatic heterocycles. The highest BCUT2D eigenvalue weighted by atomic mass is 35.5. The number of hydrogen-bond donors (Lipinski definition) is 1. The van der Waals surface area contributed by atoms with Gasteiger partial charge in [-0.3, -0.25) is 9.48 Å². The summed E-state index contributed by atoms with van der Waals surface area (Å²) in [6.07, 6.45) is 0.896. The molecule has 1 amide bonds. The zero-order valence-corrected chi connectivity index (χ0v) is 13.4. The van der Waals surface area contributed by atoms with Gasteiger partial charge in [0, 0.05) is 12.6 Å². The highest BCUT2D eigenvalue weighted by molar-refractivity contribution is 7.19. The molecule has 20 heavy (non-hydrogen) atoms. The molecule has 0 aliphatic rings. The number of amides is 1. The first-order chi connectivity index (χ1) is 9.55. The van der Waals surface area contributed by atoms with Crippen LogP contribution < -0.4 is 5.32 Å². The molecule has 2 heterocycles. The van der Waals surface area contributed by atoms with Crippen molar-refractivity contribution >= 4 is 28.8 Å². The predicted molar refractivity (Wildman–Crippen MR) is 83.4 cm³/mol. The van der Waals surface area contributed by atoms with Gasteiger partial charge in [-0.25, -0.2) is 0 Å². The van der Waals surface area contributed by atoms with Gasteiger partial charge >= 0.3 is 0 Å². The molecule has 0 aromatic carbocycles. The number of halogens is 1. The zero-order chi connectivity index (χ0) is 14.7. The summed E-state index contributed by atoms with van der Waals surface area (Å²) >= 11 is 7.46. The van der Waals surface area contributed by atoms with Gasteiger partial charge in [-0.05, 0) is 38.5 Å². The van der Waals surface area contributed by atoms with Crippen molar-refractivity contribution in [3.63, 3.8) is 0 Å². The van der Waals surface area contributed by atoms with Gasteiger partial charge in [0.05, 0.1) is 14.9 Å². The van der Waals surface area contributed by atoms with Crippen molar-refractivity contribution < 1.29 is 4.79 Å². The maximum atomic E-state index is 12.1. The summed E-state index contributed by atoms with van der Waals surface area (Å²) in [6.45, 7) is 6.73. The normalized spacial score (nSPS) is 12.4. The molecule has 0 saturated heterocycles. The van der Waals surface area contributed by atoms with Crippen LogP contribution in [-0.4, -0.2) is 21.7 Å². The van der Waals surface area contributed by atoms with Gasteiger partial charge in [-0.2, -0.15) is 5.10 Å². The molecule has 0 aliphatic carbocycles. The fourth-order valence-electron chi connectivity index (χ4n) is 1.82. The van der Waals surface area contributed by atoms with Crippen molar-refractivity contribution in [1.82, 2.24) is 15.1 Å². The number of hydrogen-bond acceptors (Lipinski definition) is 3. The van der Waals surface area contributed by atoms with Crippen LogP contribution in [0.5, 0.6) is 0 Å². The van der Waals surface area contributed by atoms with Gasteiger partial charge in [-0.1, -0.05) is 18.5 Å². The van der Waals surface area contributed by atoms with Crippen molar-refractivity contribution in [2.75, 3.05) is 0 Å². The first kappa shape index (κ1) is 15.1. The maximum absolute atomic E-state index is 12.1. The van der Waals surface area contributed by atoms with E-state index in [0.717, 1.165) is 21.3 Å². The average Bonchev–Trinajstić information content (AvgIpc) is 3.03. The van der Waals surface area contributed by atoms with Crippen LogP contribution in [0.15, 0.2) is 18.2 Å². The van der Waals surface area contributed by atoms with E-state index in [1.165, 1.54) is 11.3 Å². The van der Waals surface area contributed by atoms with Crippen molar-refractivity contribution in [1.29, 1.82) is 0 Å². The minimum atomic E-state index is -0.129. The summed E-state index contributed by atoms with van der Waals surface area (Å²) in [5, 5.41) is 7.30. The molecule has 1 atom stereocenters. The second kappa shape index (κ2) is 6.41. The van der Waals surface area contributed by atoms with E-state index in [1.807, 2.05) is 43.7 Å². The van der Waals surface area contributed by atoms with Gasteiger partial charge in [0.25, 0.3) is 5.91 Å². The van der Waals surface area contributed by atoms with Crippen LogP contribution in [0, 0.1) is 0 Å². The maximum Gasteiger partial charge on any atom is 0.272 e. The van der Waals surface area contributed by atoms with E-state index in [4.69, 9.17) is 11.6 Å². The lowest BCUT2D eigenvalue weighted by atomic mass is 10.2. The molecule has 2 aromatic rings. The zero-order valence-electron chi connectivity index (χ0n) is 11.8. The summed E-state index contributed by atoms with van der Waals surface area (Å²) in [6, 6.07) is 5.78. The molecule has 2 rings (SSSR count). The number of thiophene rings is 1. The largest absolute Gasteiger partial charge is 0.348 e. The minimum Gasteiger partial charge on any atom is -0.348 e. The molecule has 4 nitrogen and oxygen atoms in total. The highest BCUT2D eigenvalue weighted by Crippen LogP contribution is 2.31. The molecule has 0 spiro atoms. The number of nitrogens with one attached hydrogen (secondary N) is 1. The number of aromatic nitrogens is 2. The van der Waals surface area contributed by atoms with Crippen LogP contribution in [0.2, 0.25) is 4.34 Å². The Bertz CT molecular complexity index is 605. The van der Waals surface area contributed by atoms with Gasteiger partial charge in [0.1, 0.15) is 0 Å². The average molecular weight is 312 g/mol. The first-order valence-electron chi connectivity index (χ1n) is 6.69. The third-order valence-electron chi connectivity index (χ3n) is 3.13. The van der Waals surface area contributed by atoms with Crippen LogP contribution >= 0.6 is 22.9 Å². The molecule has 2 aromatic heterocycles. The van der Waals surface area contributed by atoms with E-state index in [2.05, 4.69) is 10.4 Å². The van der Waals surface area contributed by atoms with Crippen molar-refractivity contribution in [3.8, 4) is 10.6 Å². The monoisotopic (exact) mass is 311 g/mol. The van der Waals surface area contributed by atoms with Crippen molar-refractivity contribution in [2.45, 2.75) is 39.8 Å². The Morgan fingerprint density at radius 2 is 2.25 bits per heavy atom. The summed E-state index contributed by atoms with van der Waals surface area (Å²) in [5.41, 5.74) is 1.38. The predicted octanol–water partition coefficient (Wildman–Crippen LogP) is 3.81. The smallest absolute Gasteiger partial charge is 0.272 e. The van der Waals surface area contributed by atoms with Crippen molar-refractivity contribution in [2.24, 2.45) is 0 Å². The first-order valence-corrected chi connectivity index (χ1v) is 7.89. The summed E-state index contributed by atoms with van der Waals surface area (Å²) in [5.74, 6) is -0.129. The fraction of sp³-hybridized carbons (Fsp3) is 0.429. The topological polar surface area (TPSA) is 46.9 Å². The molecular weight excluding hydrogens is 294 g/mol. The molecule has 108 valence electrons. The van der Waals surface area contributed by atoms with Crippen LogP contribution in [0.1, 0.15) is 37.7 Å². The Morgan fingerprint density at radius 3 is 2.80 bits per heavy atom. The Morgan fingerprint density at radius 1 is 1.50 bits per heavy atom. The van der Waals surface area contributed by atoms with Gasteiger partial charge < -0.3 is 5.32 Å². The molecule has 0 saturated carbocycles. The van der Waals surface area contributed by atoms with E-state index in [-0.39, 0.29) is 11.9 Å². The third-order valence-corrected chi connectivity index (χ3v) is 4.38. The lowest BCUT2D eigenvalue weighted by Crippen LogP contribution is -2.32. The Kier molecular flexibility index (Phi) is 4.83. The Balaban J connectivity index is 2.29. The van der Waals surface area contributed by atoms with E-state index >= 15 is 0 Å². The van der Waals surface area contributed by atoms with E-state index < -0.39 is 0 Å². The second-order valence-corrected chi connectivity index (χ2v) is 6.33. The number of nitrogens with zero attached hydrogens (tertiary/aromatic N) is 2. The van der Waals surface area contributed by atoms with Crippen LogP contribution in [0.4, 0.5) is 0 Å². The van der Waals surface area contributed by atoms with E-state index in [9.17, 15) is 4.79 Å². The minimum absolute atomic E-state index is 0.129. The summed E-state index contributed by atoms with van der Waals surface area (Å²) < 4.78 is 2.56. The molecule has 0 radical (unpaired) electrons. The molecule has 0 fully saturated rings. The second-order valence-electron chi connectivity index (χ2n) is 4.62. The molecule has 1 N–H and O–H groups in total. The third kappa shape index (κ3) is 3.22. The van der Waals surface area contributed by atoms with Crippen LogP contribution in [0.3, 0.4) is 0 Å². The van der Waals surface area contributed by atoms with Gasteiger partial charge in [0.2, 0.25) is 0 Å². The van der Waals surface area contributed by atoms with Crippen molar-refractivity contribution in [3.05, 3.63) is 28.2 Å². The Labute approximate surface area is 127 Å². The number of carbonyl (C=O) groups is 1. The number of carbonyl (C=O) groups excluding carboxylic acids is 1. The van der Waals surface area contributed by atoms with E-state index in [1.54, 1.807) is 0 Å². The Hall–Kier alpha value is -1.33. The summed E-state index contributed by atoms with van der Waals surface area (Å²) in [7, 11) is 0. The molecule has 6 heteroatoms. The molecule has 1 unspecified atom stereocenters. The SMILES string of the molecule is CCC(C)NC(=O)c1cc(-c2ccc(Cl)s2)n(CC)n1. The summed E-state index contributed by atoms with van der Waals surface area (Å²) in [4.78, 5) is 13.1. The lowest BCUT2D eigenvalue weighted by Gasteiger charge is -2.09. The fourth-order valence-corrected chi connectivity index (χ4v) is 2.88. The molecular formula is C14H18ClN3OS. The molecule has 0 bridgehead atoms. The van der Waals surface area contributed by atoms with Crippen LogP contribution in [0.25, 0.3) is 10.6 Å². The van der Waals surface area contributed by atoms with Crippen LogP contribution in [-0.2, 0) is 6.54 Å². The van der Waals surface area contributed by atoms with E-state index in [0.29, 0.717) is 12.2 Å². The standard InChI is InChI=1S/C14H18ClN3OS/c1-4-9(3)16-14(19)10-8-11(18(5-2)17-10)12-6-7-13(15)20-12/h6-9H,4-5H2,1-3H3,(H,16,19). The lowest BCUT2D eigenvalue weighted by molar-refractivity contribution is 0.0933. The van der Waals surface area contributed by atoms with Gasteiger partial charge in [-0.15, -0.1) is 11.3 Å². The van der Waals surface area contributed by atoms with Gasteiger partial charge in [0.15, 0.2) is 5.69 Å².